The van der Waals surface area contributed by atoms with Gasteiger partial charge in [-0.3, -0.25) is 0 Å². The zero-order valence-corrected chi connectivity index (χ0v) is 12.9. The van der Waals surface area contributed by atoms with Crippen LogP contribution in [0, 0.1) is 6.92 Å². The normalized spacial score (nSPS) is 16.2. The highest BCUT2D eigenvalue weighted by Crippen LogP contribution is 2.33. The predicted molar refractivity (Wildman–Crippen MR) is 81.0 cm³/mol. The maximum absolute atomic E-state index is 13.1. The molecule has 1 fully saturated rings. The van der Waals surface area contributed by atoms with Crippen LogP contribution >= 0.6 is 11.3 Å². The molecule has 0 spiro atoms. The Balaban J connectivity index is 1.97. The molecule has 0 radical (unpaired) electrons. The minimum absolute atomic E-state index is 0.0720. The number of hydrogen-bond acceptors (Lipinski definition) is 4. The number of aryl methyl sites for hydroxylation is 1. The van der Waals surface area contributed by atoms with E-state index in [1.54, 1.807) is 6.07 Å². The van der Waals surface area contributed by atoms with Gasteiger partial charge in [0.2, 0.25) is 5.95 Å². The first-order valence-electron chi connectivity index (χ1n) is 7.21. The molecule has 3 nitrogen and oxygen atoms in total. The molecule has 0 aliphatic heterocycles. The Labute approximate surface area is 130 Å². The molecule has 22 heavy (non-hydrogen) atoms. The van der Waals surface area contributed by atoms with Crippen LogP contribution in [-0.4, -0.2) is 16.0 Å². The molecule has 0 unspecified atom stereocenters. The Hall–Kier alpha value is -1.63. The van der Waals surface area contributed by atoms with Crippen LogP contribution in [0.1, 0.15) is 36.3 Å². The molecule has 118 valence electrons. The first-order valence-corrected chi connectivity index (χ1v) is 8.03. The second-order valence-electron chi connectivity index (χ2n) is 5.50. The largest absolute Gasteiger partial charge is 0.433 e. The van der Waals surface area contributed by atoms with Crippen LogP contribution in [0.4, 0.5) is 19.1 Å². The van der Waals surface area contributed by atoms with E-state index in [4.69, 9.17) is 0 Å². The molecule has 3 rings (SSSR count). The van der Waals surface area contributed by atoms with Gasteiger partial charge in [0.05, 0.1) is 10.6 Å². The van der Waals surface area contributed by atoms with E-state index in [0.29, 0.717) is 5.69 Å². The average molecular weight is 327 g/mol. The molecule has 1 aliphatic rings. The number of thiophene rings is 1. The average Bonchev–Trinajstić information content (AvgIpc) is 3.09. The van der Waals surface area contributed by atoms with Crippen LogP contribution in [0.5, 0.6) is 0 Å². The number of aromatic nitrogens is 2. The summed E-state index contributed by atoms with van der Waals surface area (Å²) in [5.41, 5.74) is -0.579. The van der Waals surface area contributed by atoms with Gasteiger partial charge in [0, 0.05) is 10.9 Å². The fourth-order valence-corrected chi connectivity index (χ4v) is 3.44. The lowest BCUT2D eigenvalue weighted by Crippen LogP contribution is -2.19. The minimum atomic E-state index is -4.48. The third-order valence-corrected chi connectivity index (χ3v) is 4.72. The Morgan fingerprint density at radius 3 is 2.50 bits per heavy atom. The van der Waals surface area contributed by atoms with E-state index in [0.717, 1.165) is 41.5 Å². The highest BCUT2D eigenvalue weighted by Gasteiger charge is 2.34. The third kappa shape index (κ3) is 3.40. The first kappa shape index (κ1) is 15.3. The molecular weight excluding hydrogens is 311 g/mol. The summed E-state index contributed by atoms with van der Waals surface area (Å²) in [5, 5.41) is 3.05. The zero-order chi connectivity index (χ0) is 15.7. The number of nitrogens with one attached hydrogen (secondary N) is 1. The molecule has 2 aromatic heterocycles. The molecule has 0 amide bonds. The highest BCUT2D eigenvalue weighted by atomic mass is 32.1. The molecule has 1 N–H and O–H groups in total. The predicted octanol–water partition coefficient (Wildman–Crippen LogP) is 4.89. The smallest absolute Gasteiger partial charge is 0.351 e. The van der Waals surface area contributed by atoms with Crippen LogP contribution in [0.15, 0.2) is 18.2 Å². The van der Waals surface area contributed by atoms with Crippen LogP contribution in [0.25, 0.3) is 10.6 Å². The maximum Gasteiger partial charge on any atom is 0.433 e. The number of hydrogen-bond donors (Lipinski definition) is 1. The van der Waals surface area contributed by atoms with Crippen LogP contribution in [0.3, 0.4) is 0 Å². The SMILES string of the molecule is Cc1ccc(-c2cc(C(F)(F)F)nc(NC3CCCC3)n2)s1. The Kier molecular flexibility index (Phi) is 4.08. The van der Waals surface area contributed by atoms with Crippen LogP contribution in [-0.2, 0) is 6.18 Å². The van der Waals surface area contributed by atoms with Gasteiger partial charge in [-0.15, -0.1) is 11.3 Å². The van der Waals surface area contributed by atoms with Gasteiger partial charge >= 0.3 is 6.18 Å². The van der Waals surface area contributed by atoms with Gasteiger partial charge in [-0.2, -0.15) is 13.2 Å². The number of rotatable bonds is 3. The molecule has 0 saturated heterocycles. The number of alkyl halides is 3. The maximum atomic E-state index is 13.1. The van der Waals surface area contributed by atoms with Gasteiger partial charge in [-0.05, 0) is 38.0 Å². The monoisotopic (exact) mass is 327 g/mol. The van der Waals surface area contributed by atoms with E-state index in [1.807, 2.05) is 13.0 Å². The molecule has 2 heterocycles. The van der Waals surface area contributed by atoms with Crippen molar-refractivity contribution in [1.29, 1.82) is 0 Å². The lowest BCUT2D eigenvalue weighted by molar-refractivity contribution is -0.141. The van der Waals surface area contributed by atoms with Gasteiger partial charge < -0.3 is 5.32 Å². The fourth-order valence-electron chi connectivity index (χ4n) is 2.61. The molecule has 7 heteroatoms. The molecule has 2 aromatic rings. The summed E-state index contributed by atoms with van der Waals surface area (Å²) in [6, 6.07) is 4.85. The molecule has 0 bridgehead atoms. The van der Waals surface area contributed by atoms with Crippen molar-refractivity contribution < 1.29 is 13.2 Å². The van der Waals surface area contributed by atoms with Crippen LogP contribution < -0.4 is 5.32 Å². The van der Waals surface area contributed by atoms with E-state index in [2.05, 4.69) is 15.3 Å². The number of nitrogens with zero attached hydrogens (tertiary/aromatic N) is 2. The fraction of sp³-hybridized carbons (Fsp3) is 0.467. The van der Waals surface area contributed by atoms with Crippen molar-refractivity contribution in [3.63, 3.8) is 0 Å². The summed E-state index contributed by atoms with van der Waals surface area (Å²) in [5.74, 6) is 0.0720. The van der Waals surface area contributed by atoms with Crippen molar-refractivity contribution in [2.24, 2.45) is 0 Å². The summed E-state index contributed by atoms with van der Waals surface area (Å²) in [7, 11) is 0. The van der Waals surface area contributed by atoms with Gasteiger partial charge in [0.25, 0.3) is 0 Å². The van der Waals surface area contributed by atoms with Crippen molar-refractivity contribution in [2.75, 3.05) is 5.32 Å². The summed E-state index contributed by atoms with van der Waals surface area (Å²) >= 11 is 1.43. The Morgan fingerprint density at radius 2 is 1.91 bits per heavy atom. The second-order valence-corrected chi connectivity index (χ2v) is 6.78. The summed E-state index contributed by atoms with van der Waals surface area (Å²) < 4.78 is 39.2. The second kappa shape index (κ2) is 5.87. The van der Waals surface area contributed by atoms with Gasteiger partial charge in [-0.25, -0.2) is 9.97 Å². The van der Waals surface area contributed by atoms with Crippen molar-refractivity contribution in [1.82, 2.24) is 9.97 Å². The third-order valence-electron chi connectivity index (χ3n) is 3.70. The number of halogens is 3. The quantitative estimate of drug-likeness (QED) is 0.872. The Bertz CT molecular complexity index is 660. The van der Waals surface area contributed by atoms with Crippen molar-refractivity contribution >= 4 is 17.3 Å². The van der Waals surface area contributed by atoms with Gasteiger partial charge in [-0.1, -0.05) is 12.8 Å². The van der Waals surface area contributed by atoms with Crippen molar-refractivity contribution in [2.45, 2.75) is 44.8 Å². The van der Waals surface area contributed by atoms with Crippen LogP contribution in [0.2, 0.25) is 0 Å². The lowest BCUT2D eigenvalue weighted by Gasteiger charge is -2.14. The highest BCUT2D eigenvalue weighted by molar-refractivity contribution is 7.15. The molecule has 0 atom stereocenters. The van der Waals surface area contributed by atoms with E-state index in [1.165, 1.54) is 11.3 Å². The van der Waals surface area contributed by atoms with Gasteiger partial charge in [0.15, 0.2) is 5.69 Å². The topological polar surface area (TPSA) is 37.8 Å². The lowest BCUT2D eigenvalue weighted by atomic mass is 10.2. The van der Waals surface area contributed by atoms with E-state index >= 15 is 0 Å². The van der Waals surface area contributed by atoms with Crippen molar-refractivity contribution in [3.05, 3.63) is 28.8 Å². The summed E-state index contributed by atoms with van der Waals surface area (Å²) in [6.45, 7) is 1.91. The summed E-state index contributed by atoms with van der Waals surface area (Å²) in [4.78, 5) is 9.70. The van der Waals surface area contributed by atoms with E-state index in [9.17, 15) is 13.2 Å². The first-order chi connectivity index (χ1) is 10.4. The molecule has 1 aliphatic carbocycles. The zero-order valence-electron chi connectivity index (χ0n) is 12.1. The standard InChI is InChI=1S/C15H16F3N3S/c1-9-6-7-12(22-9)11-8-13(15(16,17)18)21-14(20-11)19-10-4-2-3-5-10/h6-8,10H,2-5H2,1H3,(H,19,20,21). The Morgan fingerprint density at radius 1 is 1.18 bits per heavy atom. The molecule has 1 saturated carbocycles. The number of anilines is 1. The molecule has 0 aromatic carbocycles. The minimum Gasteiger partial charge on any atom is -0.351 e. The molecular formula is C15H16F3N3S. The van der Waals surface area contributed by atoms with E-state index < -0.39 is 11.9 Å². The summed E-state index contributed by atoms with van der Waals surface area (Å²) in [6.07, 6.45) is -0.391. The van der Waals surface area contributed by atoms with Gasteiger partial charge in [0.1, 0.15) is 0 Å². The van der Waals surface area contributed by atoms with Crippen molar-refractivity contribution in [3.8, 4) is 10.6 Å². The van der Waals surface area contributed by atoms with E-state index in [-0.39, 0.29) is 12.0 Å².